The van der Waals surface area contributed by atoms with Crippen LogP contribution in [-0.2, 0) is 32.0 Å². The average Bonchev–Trinajstić information content (AvgIpc) is 3.68. The van der Waals surface area contributed by atoms with Gasteiger partial charge in [0.15, 0.2) is 0 Å². The molecule has 0 spiro atoms. The van der Waals surface area contributed by atoms with Crippen molar-refractivity contribution < 1.29 is 82.8 Å². The van der Waals surface area contributed by atoms with Gasteiger partial charge < -0.3 is 40.5 Å². The third kappa shape index (κ3) is 14.4. The predicted octanol–water partition coefficient (Wildman–Crippen LogP) is 7.27. The number of methoxy groups -OCH3 is 1. The SMILES string of the molecule is COC(=O)N[C@H](C(=O)N[C@@H](Cc1ccc(C#Cc2ccc(N3CC4CCC(C3)N4C3COC3)nc2)cc1)[C@@H](O)CN(Cc1c(F)cc(-c2ccc(C(F)F)cn2)cc1F)NC(=O)[C@@H](NC(=O)O)C(C)(C)C(F)(F)F)C(C)(C)C(F)(F)F. The molecule has 5 heterocycles. The average molecular weight is 1150 g/mol. The number of hydrogen-bond acceptors (Lipinski definition) is 12. The molecule has 4 aromatic rings. The van der Waals surface area contributed by atoms with Crippen molar-refractivity contribution in [2.24, 2.45) is 10.8 Å². The number of halogens is 10. The van der Waals surface area contributed by atoms with E-state index >= 15 is 8.78 Å². The van der Waals surface area contributed by atoms with Crippen molar-refractivity contribution >= 4 is 29.8 Å². The van der Waals surface area contributed by atoms with Crippen molar-refractivity contribution in [2.45, 2.75) is 115 Å². The zero-order valence-electron chi connectivity index (χ0n) is 44.3. The molecule has 0 radical (unpaired) electrons. The van der Waals surface area contributed by atoms with Crippen molar-refractivity contribution in [3.05, 3.63) is 113 Å². The van der Waals surface area contributed by atoms with Crippen LogP contribution in [0.25, 0.3) is 11.3 Å². The highest BCUT2D eigenvalue weighted by molar-refractivity contribution is 5.87. The molecule has 17 nitrogen and oxygen atoms in total. The lowest BCUT2D eigenvalue weighted by Gasteiger charge is -2.47. The topological polar surface area (TPSA) is 211 Å². The molecule has 4 amide bonds. The number of alkyl carbamates (subject to hydrolysis) is 1. The molecular weight excluding hydrogens is 1090 g/mol. The largest absolute Gasteiger partial charge is 0.465 e. The van der Waals surface area contributed by atoms with Crippen LogP contribution >= 0.6 is 0 Å². The molecule has 3 aliphatic heterocycles. The van der Waals surface area contributed by atoms with E-state index in [4.69, 9.17) is 4.74 Å². The van der Waals surface area contributed by atoms with Gasteiger partial charge in [-0.15, -0.1) is 0 Å². The van der Waals surface area contributed by atoms with Crippen molar-refractivity contribution in [1.82, 2.24) is 41.3 Å². The summed E-state index contributed by atoms with van der Waals surface area (Å²) in [5, 5.41) is 27.6. The smallest absolute Gasteiger partial charge is 0.407 e. The van der Waals surface area contributed by atoms with E-state index in [-0.39, 0.29) is 16.8 Å². The summed E-state index contributed by atoms with van der Waals surface area (Å²) in [6.07, 6.45) is -15.0. The van der Waals surface area contributed by atoms with Crippen molar-refractivity contribution in [2.75, 3.05) is 44.9 Å². The third-order valence-electron chi connectivity index (χ3n) is 14.8. The van der Waals surface area contributed by atoms with Gasteiger partial charge in [0.25, 0.3) is 12.3 Å². The first-order chi connectivity index (χ1) is 38.0. The minimum absolute atomic E-state index is 0.178. The molecule has 2 bridgehead atoms. The Morgan fingerprint density at radius 2 is 1.36 bits per heavy atom. The van der Waals surface area contributed by atoms with Gasteiger partial charge >= 0.3 is 24.5 Å². The lowest BCUT2D eigenvalue weighted by atomic mass is 9.82. The van der Waals surface area contributed by atoms with Crippen LogP contribution in [0.2, 0.25) is 0 Å². The van der Waals surface area contributed by atoms with E-state index < -0.39 is 120 Å². The molecule has 438 valence electrons. The van der Waals surface area contributed by atoms with Gasteiger partial charge in [-0.2, -0.15) is 26.3 Å². The first kappa shape index (κ1) is 61.3. The summed E-state index contributed by atoms with van der Waals surface area (Å²) in [7, 11) is 0.815. The van der Waals surface area contributed by atoms with Gasteiger partial charge in [-0.1, -0.05) is 24.0 Å². The third-order valence-corrected chi connectivity index (χ3v) is 14.8. The van der Waals surface area contributed by atoms with Gasteiger partial charge in [-0.25, -0.2) is 37.1 Å². The summed E-state index contributed by atoms with van der Waals surface area (Å²) < 4.78 is 155. The molecule has 3 aliphatic rings. The molecule has 27 heteroatoms. The van der Waals surface area contributed by atoms with Crippen LogP contribution in [0.15, 0.2) is 73.1 Å². The van der Waals surface area contributed by atoms with Crippen LogP contribution in [-0.4, -0.2) is 149 Å². The lowest BCUT2D eigenvalue weighted by Crippen LogP contribution is -2.63. The number of piperazine rings is 1. The molecule has 0 aliphatic carbocycles. The number of carbonyl (C=O) groups excluding carboxylic acids is 3. The number of aliphatic hydroxyl groups excluding tert-OH is 1. The van der Waals surface area contributed by atoms with E-state index in [1.165, 1.54) is 29.6 Å². The fourth-order valence-corrected chi connectivity index (χ4v) is 9.73. The summed E-state index contributed by atoms with van der Waals surface area (Å²) in [6.45, 7) is 2.98. The number of aliphatic hydroxyl groups is 1. The maximum Gasteiger partial charge on any atom is 0.407 e. The van der Waals surface area contributed by atoms with Gasteiger partial charge in [0, 0.05) is 78.5 Å². The Balaban J connectivity index is 1.18. The van der Waals surface area contributed by atoms with Crippen LogP contribution < -0.4 is 26.3 Å². The van der Waals surface area contributed by atoms with E-state index in [0.717, 1.165) is 70.4 Å². The number of carboxylic acid groups (broad SMARTS) is 1. The number of hydrazine groups is 1. The number of rotatable bonds is 19. The zero-order valence-corrected chi connectivity index (χ0v) is 44.3. The Bertz CT molecular complexity index is 2920. The Hall–Kier alpha value is -7.28. The molecule has 6 atom stereocenters. The quantitative estimate of drug-likeness (QED) is 0.0311. The number of aromatic nitrogens is 2. The second-order valence-electron chi connectivity index (χ2n) is 21.1. The number of nitrogens with zero attached hydrogens (tertiary/aromatic N) is 5. The summed E-state index contributed by atoms with van der Waals surface area (Å²) in [5.74, 6) is 0.713. The normalized spacial score (nSPS) is 18.5. The lowest BCUT2D eigenvalue weighted by molar-refractivity contribution is -0.221. The highest BCUT2D eigenvalue weighted by atomic mass is 19.4. The van der Waals surface area contributed by atoms with Crippen LogP contribution in [0.4, 0.5) is 59.3 Å². The van der Waals surface area contributed by atoms with E-state index in [9.17, 15) is 64.5 Å². The number of ether oxygens (including phenoxy) is 2. The number of hydrogen-bond donors (Lipinski definition) is 6. The minimum atomic E-state index is -5.28. The maximum absolute atomic E-state index is 16.1. The number of nitrogens with one attached hydrogen (secondary N) is 4. The van der Waals surface area contributed by atoms with E-state index in [1.807, 2.05) is 22.9 Å². The molecule has 2 aromatic heterocycles. The highest BCUT2D eigenvalue weighted by Crippen LogP contribution is 2.42. The molecule has 0 saturated carbocycles. The van der Waals surface area contributed by atoms with Crippen molar-refractivity contribution in [1.29, 1.82) is 0 Å². The van der Waals surface area contributed by atoms with Crippen molar-refractivity contribution in [3.63, 3.8) is 0 Å². The highest BCUT2D eigenvalue weighted by Gasteiger charge is 2.57. The molecule has 7 rings (SSSR count). The van der Waals surface area contributed by atoms with Gasteiger partial charge in [-0.3, -0.25) is 24.9 Å². The Morgan fingerprint density at radius 3 is 1.85 bits per heavy atom. The molecule has 2 aromatic carbocycles. The molecule has 3 saturated heterocycles. The molecule has 6 N–H and O–H groups in total. The second-order valence-corrected chi connectivity index (χ2v) is 21.1. The van der Waals surface area contributed by atoms with Crippen LogP contribution in [0, 0.1) is 34.3 Å². The van der Waals surface area contributed by atoms with E-state index in [1.54, 1.807) is 6.20 Å². The Morgan fingerprint density at radius 1 is 0.778 bits per heavy atom. The molecular formula is C54H59F10N9O8. The van der Waals surface area contributed by atoms with Gasteiger partial charge in [0.05, 0.1) is 55.0 Å². The maximum atomic E-state index is 16.1. The van der Waals surface area contributed by atoms with E-state index in [2.05, 4.69) is 41.7 Å². The number of amides is 4. The number of alkyl halides is 8. The number of pyridine rings is 2. The second kappa shape index (κ2) is 24.8. The minimum Gasteiger partial charge on any atom is -0.465 e. The predicted molar refractivity (Wildman–Crippen MR) is 271 cm³/mol. The fraction of sp³-hybridized carbons (Fsp3) is 0.481. The molecule has 81 heavy (non-hydrogen) atoms. The van der Waals surface area contributed by atoms with Gasteiger partial charge in [-0.05, 0) is 101 Å². The van der Waals surface area contributed by atoms with Gasteiger partial charge in [0.2, 0.25) is 5.91 Å². The number of anilines is 1. The number of carbonyl (C=O) groups is 4. The van der Waals surface area contributed by atoms with Crippen molar-refractivity contribution in [3.8, 4) is 23.1 Å². The summed E-state index contributed by atoms with van der Waals surface area (Å²) in [6, 6.07) is 7.48. The Kier molecular flexibility index (Phi) is 18.8. The molecule has 3 fully saturated rings. The van der Waals surface area contributed by atoms with Gasteiger partial charge in [0.1, 0.15) is 29.5 Å². The standard InChI is InChI=1S/C54H59F10N9O8/c1-51(2,53(59,60)61)44(69-50(79)80-5)47(75)67-41(18-30-9-6-29(7-10-30)8-11-31-12-17-43(66-21-31)71-23-34-14-15-35(24-71)73(34)36-27-81-28-36)42(74)26-72(70-48(76)45(68-49(77)78)52(3,4)54(62,63)64)25-37-38(55)19-33(20-39(37)56)40-16-13-32(22-65-40)46(57)58/h6-7,9-10,12-13,16-17,19-22,34-36,41-42,44-46,68,74H,14-15,18,23-28H2,1-5H3,(H,67,75)(H,69,79)(H,70,76)(H,77,78)/t34?,35?,41-,42-,44+,45+/m0/s1. The number of fused-ring (bicyclic) bond motifs is 2. The van der Waals surface area contributed by atoms with Crippen LogP contribution in [0.1, 0.15) is 74.8 Å². The van der Waals surface area contributed by atoms with Crippen LogP contribution in [0.3, 0.4) is 0 Å². The summed E-state index contributed by atoms with van der Waals surface area (Å²) in [5.41, 5.74) is -4.88. The number of benzene rings is 2. The van der Waals surface area contributed by atoms with E-state index in [0.29, 0.717) is 74.1 Å². The monoisotopic (exact) mass is 1150 g/mol. The zero-order chi connectivity index (χ0) is 59.4. The molecule has 2 unspecified atom stereocenters. The Labute approximate surface area is 458 Å². The first-order valence-corrected chi connectivity index (χ1v) is 25.4. The summed E-state index contributed by atoms with van der Waals surface area (Å²) >= 11 is 0. The summed E-state index contributed by atoms with van der Waals surface area (Å²) in [4.78, 5) is 65.4. The first-order valence-electron chi connectivity index (χ1n) is 25.4. The van der Waals surface area contributed by atoms with Crippen LogP contribution in [0.5, 0.6) is 0 Å². The fourth-order valence-electron chi connectivity index (χ4n) is 9.73.